The number of aliphatic imine (C=N–C) groups is 1. The normalized spacial score (nSPS) is 13.2. The summed E-state index contributed by atoms with van der Waals surface area (Å²) < 4.78 is 0. The third-order valence-corrected chi connectivity index (χ3v) is 6.09. The Balaban J connectivity index is 0.00000341. The summed E-state index contributed by atoms with van der Waals surface area (Å²) in [6, 6.07) is 6.35. The number of rotatable bonds is 8. The van der Waals surface area contributed by atoms with Gasteiger partial charge in [0.1, 0.15) is 10.8 Å². The standard InChI is InChI=1S/C22H31N5O2S.HI/c1-3-23-22(27(2)15-20-26-18-10-4-5-11-19(18)30-20)25-13-7-12-24-21(29)16-8-6-9-17(28)14-16;/h6,8-9,14,28H,3-5,7,10-13,15H2,1-2H3,(H,23,25)(H,24,29);1H. The van der Waals surface area contributed by atoms with E-state index >= 15 is 0 Å². The molecule has 1 amide bonds. The molecule has 0 aliphatic heterocycles. The first-order valence-electron chi connectivity index (χ1n) is 10.6. The minimum Gasteiger partial charge on any atom is -0.508 e. The van der Waals surface area contributed by atoms with Gasteiger partial charge in [0, 0.05) is 37.1 Å². The Kier molecular flexibility index (Phi) is 10.5. The van der Waals surface area contributed by atoms with Crippen molar-refractivity contribution in [2.45, 2.75) is 45.6 Å². The number of aromatic hydroxyl groups is 1. The predicted molar refractivity (Wildman–Crippen MR) is 137 cm³/mol. The molecular formula is C22H32IN5O2S. The van der Waals surface area contributed by atoms with Gasteiger partial charge in [0.2, 0.25) is 0 Å². The third kappa shape index (κ3) is 7.64. The maximum absolute atomic E-state index is 12.1. The number of aryl methyl sites for hydroxylation is 2. The van der Waals surface area contributed by atoms with Gasteiger partial charge in [-0.25, -0.2) is 4.98 Å². The molecule has 1 heterocycles. The van der Waals surface area contributed by atoms with Crippen LogP contribution in [0.4, 0.5) is 0 Å². The molecule has 0 bridgehead atoms. The molecule has 3 rings (SSSR count). The van der Waals surface area contributed by atoms with Crippen molar-refractivity contribution in [1.82, 2.24) is 20.5 Å². The average molecular weight is 558 g/mol. The Morgan fingerprint density at radius 3 is 2.84 bits per heavy atom. The van der Waals surface area contributed by atoms with Crippen molar-refractivity contribution in [3.05, 3.63) is 45.4 Å². The first-order chi connectivity index (χ1) is 14.6. The zero-order chi connectivity index (χ0) is 21.3. The number of hydrogen-bond acceptors (Lipinski definition) is 5. The highest BCUT2D eigenvalue weighted by molar-refractivity contribution is 14.0. The molecule has 7 nitrogen and oxygen atoms in total. The fraction of sp³-hybridized carbons (Fsp3) is 0.500. The van der Waals surface area contributed by atoms with E-state index in [0.29, 0.717) is 18.7 Å². The molecule has 31 heavy (non-hydrogen) atoms. The molecule has 1 aromatic carbocycles. The van der Waals surface area contributed by atoms with Crippen molar-refractivity contribution in [2.24, 2.45) is 4.99 Å². The summed E-state index contributed by atoms with van der Waals surface area (Å²) in [6.07, 6.45) is 5.53. The van der Waals surface area contributed by atoms with E-state index in [4.69, 9.17) is 9.98 Å². The molecule has 0 fully saturated rings. The molecule has 1 aromatic heterocycles. The van der Waals surface area contributed by atoms with Crippen LogP contribution in [0.1, 0.15) is 52.1 Å². The van der Waals surface area contributed by atoms with Gasteiger partial charge in [0.05, 0.1) is 12.2 Å². The molecule has 0 unspecified atom stereocenters. The van der Waals surface area contributed by atoms with Crippen LogP contribution in [0.3, 0.4) is 0 Å². The van der Waals surface area contributed by atoms with Gasteiger partial charge < -0.3 is 20.6 Å². The zero-order valence-corrected chi connectivity index (χ0v) is 21.3. The van der Waals surface area contributed by atoms with Gasteiger partial charge in [0.15, 0.2) is 5.96 Å². The van der Waals surface area contributed by atoms with Gasteiger partial charge in [0.25, 0.3) is 5.91 Å². The van der Waals surface area contributed by atoms with Crippen LogP contribution in [-0.4, -0.2) is 53.5 Å². The Morgan fingerprint density at radius 1 is 1.29 bits per heavy atom. The van der Waals surface area contributed by atoms with Crippen LogP contribution in [0.2, 0.25) is 0 Å². The number of hydrogen-bond donors (Lipinski definition) is 3. The van der Waals surface area contributed by atoms with Gasteiger partial charge >= 0.3 is 0 Å². The smallest absolute Gasteiger partial charge is 0.251 e. The van der Waals surface area contributed by atoms with Crippen molar-refractivity contribution in [1.29, 1.82) is 0 Å². The number of phenols is 1. The summed E-state index contributed by atoms with van der Waals surface area (Å²) in [5.74, 6) is 0.753. The average Bonchev–Trinajstić information content (AvgIpc) is 3.14. The lowest BCUT2D eigenvalue weighted by Gasteiger charge is -2.21. The highest BCUT2D eigenvalue weighted by atomic mass is 127. The number of benzene rings is 1. The monoisotopic (exact) mass is 557 g/mol. The van der Waals surface area contributed by atoms with E-state index < -0.39 is 0 Å². The maximum Gasteiger partial charge on any atom is 0.251 e. The van der Waals surface area contributed by atoms with E-state index in [2.05, 4.69) is 22.5 Å². The maximum atomic E-state index is 12.1. The Bertz CT molecular complexity index is 863. The molecule has 0 saturated heterocycles. The number of phenolic OH excluding ortho intramolecular Hbond substituents is 1. The van der Waals surface area contributed by atoms with Crippen LogP contribution in [0.5, 0.6) is 5.75 Å². The van der Waals surface area contributed by atoms with E-state index in [0.717, 1.165) is 36.9 Å². The third-order valence-electron chi connectivity index (χ3n) is 4.95. The summed E-state index contributed by atoms with van der Waals surface area (Å²) in [5, 5.41) is 16.8. The number of guanidine groups is 1. The van der Waals surface area contributed by atoms with Gasteiger partial charge in [-0.15, -0.1) is 35.3 Å². The molecule has 9 heteroatoms. The van der Waals surface area contributed by atoms with Crippen LogP contribution in [-0.2, 0) is 19.4 Å². The molecule has 0 atom stereocenters. The second-order valence-electron chi connectivity index (χ2n) is 7.44. The Hall–Kier alpha value is -1.88. The lowest BCUT2D eigenvalue weighted by molar-refractivity contribution is 0.0953. The summed E-state index contributed by atoms with van der Waals surface area (Å²) in [6.45, 7) is 4.74. The number of nitrogens with zero attached hydrogens (tertiary/aromatic N) is 3. The van der Waals surface area contributed by atoms with E-state index in [9.17, 15) is 9.90 Å². The number of halogens is 1. The van der Waals surface area contributed by atoms with Gasteiger partial charge in [-0.3, -0.25) is 9.79 Å². The van der Waals surface area contributed by atoms with Crippen molar-refractivity contribution >= 4 is 47.2 Å². The molecule has 0 saturated carbocycles. The molecule has 0 radical (unpaired) electrons. The predicted octanol–water partition coefficient (Wildman–Crippen LogP) is 3.56. The van der Waals surface area contributed by atoms with Crippen LogP contribution in [0.25, 0.3) is 0 Å². The van der Waals surface area contributed by atoms with Gasteiger partial charge in [-0.1, -0.05) is 6.07 Å². The number of carbonyl (C=O) groups excluding carboxylic acids is 1. The van der Waals surface area contributed by atoms with Crippen molar-refractivity contribution < 1.29 is 9.90 Å². The molecular weight excluding hydrogens is 525 g/mol. The largest absolute Gasteiger partial charge is 0.508 e. The van der Waals surface area contributed by atoms with E-state index in [1.54, 1.807) is 18.2 Å². The molecule has 2 aromatic rings. The molecule has 1 aliphatic rings. The Morgan fingerprint density at radius 2 is 2.10 bits per heavy atom. The first-order valence-corrected chi connectivity index (χ1v) is 11.4. The van der Waals surface area contributed by atoms with Crippen LogP contribution >= 0.6 is 35.3 Å². The summed E-state index contributed by atoms with van der Waals surface area (Å²) >= 11 is 1.83. The topological polar surface area (TPSA) is 89.8 Å². The van der Waals surface area contributed by atoms with Crippen LogP contribution < -0.4 is 10.6 Å². The molecule has 170 valence electrons. The molecule has 0 spiro atoms. The highest BCUT2D eigenvalue weighted by Gasteiger charge is 2.17. The second-order valence-corrected chi connectivity index (χ2v) is 8.60. The number of amides is 1. The summed E-state index contributed by atoms with van der Waals surface area (Å²) in [5.41, 5.74) is 1.75. The van der Waals surface area contributed by atoms with E-state index in [1.807, 2.05) is 18.4 Å². The lowest BCUT2D eigenvalue weighted by Crippen LogP contribution is -2.38. The highest BCUT2D eigenvalue weighted by Crippen LogP contribution is 2.27. The quantitative estimate of drug-likeness (QED) is 0.200. The second kappa shape index (κ2) is 12.8. The van der Waals surface area contributed by atoms with Gasteiger partial charge in [-0.05, 0) is 57.2 Å². The number of fused-ring (bicyclic) bond motifs is 1. The van der Waals surface area contributed by atoms with Crippen molar-refractivity contribution in [3.8, 4) is 5.75 Å². The number of nitrogens with one attached hydrogen (secondary N) is 2. The fourth-order valence-electron chi connectivity index (χ4n) is 3.44. The Labute approximate surface area is 205 Å². The van der Waals surface area contributed by atoms with Crippen molar-refractivity contribution in [2.75, 3.05) is 26.7 Å². The minimum atomic E-state index is -0.188. The molecule has 1 aliphatic carbocycles. The SMILES string of the molecule is CCNC(=NCCCNC(=O)c1cccc(O)c1)N(C)Cc1nc2c(s1)CCCC2.I. The lowest BCUT2D eigenvalue weighted by atomic mass is 10.0. The number of aromatic nitrogens is 1. The summed E-state index contributed by atoms with van der Waals surface area (Å²) in [4.78, 5) is 25.2. The number of thiazole rings is 1. The van der Waals surface area contributed by atoms with E-state index in [1.165, 1.54) is 35.9 Å². The van der Waals surface area contributed by atoms with E-state index in [-0.39, 0.29) is 35.6 Å². The van der Waals surface area contributed by atoms with Crippen molar-refractivity contribution in [3.63, 3.8) is 0 Å². The zero-order valence-electron chi connectivity index (χ0n) is 18.2. The minimum absolute atomic E-state index is 0. The number of carbonyl (C=O) groups is 1. The first kappa shape index (κ1) is 25.4. The summed E-state index contributed by atoms with van der Waals surface area (Å²) in [7, 11) is 2.03. The van der Waals surface area contributed by atoms with Crippen LogP contribution in [0, 0.1) is 0 Å². The molecule has 3 N–H and O–H groups in total. The van der Waals surface area contributed by atoms with Gasteiger partial charge in [-0.2, -0.15) is 0 Å². The van der Waals surface area contributed by atoms with Crippen LogP contribution in [0.15, 0.2) is 29.3 Å². The fourth-order valence-corrected chi connectivity index (χ4v) is 4.65.